The molecule has 2 N–H and O–H groups in total. The summed E-state index contributed by atoms with van der Waals surface area (Å²) in [6.45, 7) is 1.79. The van der Waals surface area contributed by atoms with Gasteiger partial charge in [-0.15, -0.1) is 0 Å². The van der Waals surface area contributed by atoms with E-state index in [9.17, 15) is 19.8 Å². The van der Waals surface area contributed by atoms with Crippen molar-refractivity contribution in [3.63, 3.8) is 0 Å². The zero-order valence-electron chi connectivity index (χ0n) is 17.8. The molecule has 1 saturated heterocycles. The lowest BCUT2D eigenvalue weighted by molar-refractivity contribution is 0.0524. The van der Waals surface area contributed by atoms with E-state index in [1.807, 2.05) is 9.47 Å². The van der Waals surface area contributed by atoms with Gasteiger partial charge in [0.05, 0.1) is 37.1 Å². The first-order valence-electron chi connectivity index (χ1n) is 11.1. The minimum atomic E-state index is -0.730. The third-order valence-corrected chi connectivity index (χ3v) is 6.31. The lowest BCUT2D eigenvalue weighted by Crippen LogP contribution is -2.39. The third kappa shape index (κ3) is 3.94. The van der Waals surface area contributed by atoms with Gasteiger partial charge in [-0.2, -0.15) is 0 Å². The molecule has 4 rings (SSSR count). The van der Waals surface area contributed by atoms with E-state index in [0.29, 0.717) is 17.6 Å². The number of aromatic nitrogens is 1. The van der Waals surface area contributed by atoms with Gasteiger partial charge in [0.1, 0.15) is 11.4 Å². The van der Waals surface area contributed by atoms with Gasteiger partial charge >= 0.3 is 5.97 Å². The number of fused-ring (bicyclic) bond motifs is 1. The summed E-state index contributed by atoms with van der Waals surface area (Å²) in [5.74, 6) is -1.36. The van der Waals surface area contributed by atoms with Crippen LogP contribution in [-0.4, -0.2) is 46.5 Å². The summed E-state index contributed by atoms with van der Waals surface area (Å²) in [5.41, 5.74) is 0.309. The van der Waals surface area contributed by atoms with E-state index in [1.54, 1.807) is 6.92 Å². The molecule has 0 radical (unpaired) electrons. The van der Waals surface area contributed by atoms with Crippen molar-refractivity contribution in [2.75, 3.05) is 24.7 Å². The van der Waals surface area contributed by atoms with Crippen LogP contribution in [0.2, 0.25) is 0 Å². The van der Waals surface area contributed by atoms with Gasteiger partial charge in [0, 0.05) is 29.7 Å². The van der Waals surface area contributed by atoms with Crippen molar-refractivity contribution in [1.82, 2.24) is 4.57 Å². The molecule has 2 aliphatic rings. The highest BCUT2D eigenvalue weighted by atomic mass is 19.1. The molecule has 7 nitrogen and oxygen atoms in total. The molecule has 2 fully saturated rings. The minimum absolute atomic E-state index is 0.0677. The van der Waals surface area contributed by atoms with Gasteiger partial charge in [-0.1, -0.05) is 12.8 Å². The Balaban J connectivity index is 1.99. The fourth-order valence-electron chi connectivity index (χ4n) is 4.67. The van der Waals surface area contributed by atoms with Gasteiger partial charge < -0.3 is 24.4 Å². The Morgan fingerprint density at radius 1 is 1.23 bits per heavy atom. The number of carbonyl (C=O) groups excluding carboxylic acids is 1. The molecule has 0 amide bonds. The fraction of sp³-hybridized carbons (Fsp3) is 0.565. The SMILES string of the molecule is CCOC(=O)c1cn(C2CC2)c2c(CO)c(N3CCCCCC3CO)c(F)cc2c1=O. The predicted molar refractivity (Wildman–Crippen MR) is 115 cm³/mol. The molecule has 0 bridgehead atoms. The van der Waals surface area contributed by atoms with Crippen LogP contribution in [0.1, 0.15) is 67.4 Å². The number of benzene rings is 1. The van der Waals surface area contributed by atoms with Gasteiger partial charge in [-0.25, -0.2) is 9.18 Å². The minimum Gasteiger partial charge on any atom is -0.462 e. The van der Waals surface area contributed by atoms with Gasteiger partial charge in [0.15, 0.2) is 0 Å². The van der Waals surface area contributed by atoms with Crippen LogP contribution < -0.4 is 10.3 Å². The number of hydrogen-bond acceptors (Lipinski definition) is 6. The summed E-state index contributed by atoms with van der Waals surface area (Å²) in [6.07, 6.45) is 6.77. The molecule has 1 saturated carbocycles. The molecule has 31 heavy (non-hydrogen) atoms. The zero-order chi connectivity index (χ0) is 22.1. The fourth-order valence-corrected chi connectivity index (χ4v) is 4.67. The average Bonchev–Trinajstić information content (AvgIpc) is 3.61. The number of anilines is 1. The van der Waals surface area contributed by atoms with E-state index in [4.69, 9.17) is 4.74 Å². The van der Waals surface area contributed by atoms with Crippen LogP contribution in [-0.2, 0) is 11.3 Å². The van der Waals surface area contributed by atoms with Crippen molar-refractivity contribution in [1.29, 1.82) is 0 Å². The second-order valence-corrected chi connectivity index (χ2v) is 8.35. The number of aliphatic hydroxyl groups is 2. The average molecular weight is 432 g/mol. The van der Waals surface area contributed by atoms with Crippen molar-refractivity contribution in [3.8, 4) is 0 Å². The molecule has 2 aromatic rings. The van der Waals surface area contributed by atoms with E-state index in [-0.39, 0.29) is 41.9 Å². The molecule has 2 heterocycles. The number of nitrogens with zero attached hydrogens (tertiary/aromatic N) is 2. The van der Waals surface area contributed by atoms with Crippen LogP contribution in [0.4, 0.5) is 10.1 Å². The molecule has 1 aliphatic carbocycles. The van der Waals surface area contributed by atoms with Gasteiger partial charge in [-0.05, 0) is 38.7 Å². The summed E-state index contributed by atoms with van der Waals surface area (Å²) < 4.78 is 22.4. The standard InChI is InChI=1S/C23H29FN2O5/c1-2-31-23(30)17-11-26(14-7-8-14)20-16(22(17)29)10-19(24)21(18(20)13-28)25-9-5-3-4-6-15(25)12-27/h10-11,14-15,27-28H,2-9,12-13H2,1H3. The normalized spacial score (nSPS) is 19.5. The Labute approximate surface area is 180 Å². The first kappa shape index (κ1) is 21.8. The zero-order valence-corrected chi connectivity index (χ0v) is 17.8. The highest BCUT2D eigenvalue weighted by Gasteiger charge is 2.32. The molecule has 1 aliphatic heterocycles. The Morgan fingerprint density at radius 2 is 2.00 bits per heavy atom. The number of pyridine rings is 1. The quantitative estimate of drug-likeness (QED) is 0.682. The summed E-state index contributed by atoms with van der Waals surface area (Å²) in [4.78, 5) is 27.3. The largest absolute Gasteiger partial charge is 0.462 e. The lowest BCUT2D eigenvalue weighted by Gasteiger charge is -2.33. The van der Waals surface area contributed by atoms with Crippen LogP contribution in [0.3, 0.4) is 0 Å². The second-order valence-electron chi connectivity index (χ2n) is 8.35. The van der Waals surface area contributed by atoms with Crippen LogP contribution >= 0.6 is 0 Å². The Morgan fingerprint density at radius 3 is 2.65 bits per heavy atom. The lowest BCUT2D eigenvalue weighted by atomic mass is 10.0. The first-order chi connectivity index (χ1) is 15.0. The maximum Gasteiger partial charge on any atom is 0.343 e. The number of rotatable bonds is 6. The number of hydrogen-bond donors (Lipinski definition) is 2. The molecule has 8 heteroatoms. The van der Waals surface area contributed by atoms with E-state index < -0.39 is 23.8 Å². The van der Waals surface area contributed by atoms with Crippen molar-refractivity contribution >= 4 is 22.6 Å². The molecule has 1 unspecified atom stereocenters. The van der Waals surface area contributed by atoms with Crippen molar-refractivity contribution in [3.05, 3.63) is 39.4 Å². The number of halogens is 1. The summed E-state index contributed by atoms with van der Waals surface area (Å²) >= 11 is 0. The second kappa shape index (κ2) is 8.96. The van der Waals surface area contributed by atoms with Gasteiger partial charge in [0.2, 0.25) is 5.43 Å². The van der Waals surface area contributed by atoms with Crippen molar-refractivity contribution < 1.29 is 24.1 Å². The number of aliphatic hydroxyl groups excluding tert-OH is 2. The highest BCUT2D eigenvalue weighted by Crippen LogP contribution is 2.41. The summed E-state index contributed by atoms with van der Waals surface area (Å²) in [5, 5.41) is 20.3. The van der Waals surface area contributed by atoms with Crippen LogP contribution in [0, 0.1) is 5.82 Å². The smallest absolute Gasteiger partial charge is 0.343 e. The van der Waals surface area contributed by atoms with Gasteiger partial charge in [-0.3, -0.25) is 4.79 Å². The van der Waals surface area contributed by atoms with E-state index in [1.165, 1.54) is 12.3 Å². The topological polar surface area (TPSA) is 92.0 Å². The van der Waals surface area contributed by atoms with Crippen LogP contribution in [0.5, 0.6) is 0 Å². The first-order valence-corrected chi connectivity index (χ1v) is 11.1. The van der Waals surface area contributed by atoms with Crippen molar-refractivity contribution in [2.45, 2.75) is 64.1 Å². The summed E-state index contributed by atoms with van der Waals surface area (Å²) in [7, 11) is 0. The van der Waals surface area contributed by atoms with Gasteiger partial charge in [0.25, 0.3) is 0 Å². The highest BCUT2D eigenvalue weighted by molar-refractivity contribution is 5.96. The van der Waals surface area contributed by atoms with Crippen molar-refractivity contribution in [2.24, 2.45) is 0 Å². The van der Waals surface area contributed by atoms with E-state index in [0.717, 1.165) is 38.5 Å². The Hall–Kier alpha value is -2.45. The van der Waals surface area contributed by atoms with Crippen LogP contribution in [0.25, 0.3) is 10.9 Å². The molecule has 168 valence electrons. The molecule has 1 atom stereocenters. The summed E-state index contributed by atoms with van der Waals surface area (Å²) in [6, 6.07) is 1.00. The number of carbonyl (C=O) groups is 1. The number of esters is 1. The van der Waals surface area contributed by atoms with E-state index in [2.05, 4.69) is 0 Å². The maximum atomic E-state index is 15.5. The Bertz CT molecular complexity index is 1050. The molecule has 1 aromatic heterocycles. The third-order valence-electron chi connectivity index (χ3n) is 6.31. The maximum absolute atomic E-state index is 15.5. The molecular weight excluding hydrogens is 403 g/mol. The van der Waals surface area contributed by atoms with E-state index >= 15 is 4.39 Å². The Kier molecular flexibility index (Phi) is 6.29. The predicted octanol–water partition coefficient (Wildman–Crippen LogP) is 2.89. The van der Waals surface area contributed by atoms with Crippen LogP contribution in [0.15, 0.2) is 17.1 Å². The molecule has 0 spiro atoms. The molecular formula is C23H29FN2O5. The number of ether oxygens (including phenoxy) is 1. The monoisotopic (exact) mass is 432 g/mol. The molecule has 1 aromatic carbocycles.